The molecule has 2 aliphatic carbocycles. The van der Waals surface area contributed by atoms with Gasteiger partial charge in [-0.3, -0.25) is 10.1 Å². The summed E-state index contributed by atoms with van der Waals surface area (Å²) in [5.41, 5.74) is -0.457. The van der Waals surface area contributed by atoms with Gasteiger partial charge in [0.1, 0.15) is 5.54 Å². The SMILES string of the molecule is CCOC(=O)C1(NC2CCCCC2)CCCC1(C)C. The standard InChI is InChI=1S/C16H29NO2/c1-4-19-14(18)16(12-8-11-15(16,2)3)17-13-9-6-5-7-10-13/h13,17H,4-12H2,1-3H3. The van der Waals surface area contributed by atoms with E-state index in [0.717, 1.165) is 19.3 Å². The molecule has 0 aromatic carbocycles. The second-order valence-corrected chi connectivity index (χ2v) is 6.84. The molecule has 0 bridgehead atoms. The zero-order chi connectivity index (χ0) is 13.9. The number of hydrogen-bond acceptors (Lipinski definition) is 3. The molecule has 2 fully saturated rings. The molecule has 2 saturated carbocycles. The van der Waals surface area contributed by atoms with Crippen LogP contribution in [-0.4, -0.2) is 24.2 Å². The number of rotatable bonds is 4. The first-order valence-electron chi connectivity index (χ1n) is 7.97. The summed E-state index contributed by atoms with van der Waals surface area (Å²) in [7, 11) is 0. The van der Waals surface area contributed by atoms with Crippen molar-refractivity contribution in [1.82, 2.24) is 5.32 Å². The Bertz CT molecular complexity index is 321. The van der Waals surface area contributed by atoms with E-state index in [0.29, 0.717) is 12.6 Å². The topological polar surface area (TPSA) is 38.3 Å². The Balaban J connectivity index is 2.16. The molecule has 2 aliphatic rings. The van der Waals surface area contributed by atoms with E-state index < -0.39 is 5.54 Å². The van der Waals surface area contributed by atoms with Crippen LogP contribution < -0.4 is 5.32 Å². The van der Waals surface area contributed by atoms with E-state index in [-0.39, 0.29) is 11.4 Å². The molecule has 2 rings (SSSR count). The molecule has 3 nitrogen and oxygen atoms in total. The van der Waals surface area contributed by atoms with E-state index in [9.17, 15) is 4.79 Å². The quantitative estimate of drug-likeness (QED) is 0.793. The van der Waals surface area contributed by atoms with Gasteiger partial charge >= 0.3 is 5.97 Å². The third-order valence-electron chi connectivity index (χ3n) is 5.19. The predicted molar refractivity (Wildman–Crippen MR) is 77.0 cm³/mol. The molecule has 1 atom stereocenters. The molecule has 1 unspecified atom stereocenters. The van der Waals surface area contributed by atoms with E-state index in [4.69, 9.17) is 4.74 Å². The van der Waals surface area contributed by atoms with Crippen molar-refractivity contribution in [3.8, 4) is 0 Å². The highest BCUT2D eigenvalue weighted by atomic mass is 16.5. The summed E-state index contributed by atoms with van der Waals surface area (Å²) in [5.74, 6) is -0.0249. The Labute approximate surface area is 117 Å². The number of carbonyl (C=O) groups is 1. The van der Waals surface area contributed by atoms with Crippen LogP contribution in [0.25, 0.3) is 0 Å². The number of ether oxygens (including phenoxy) is 1. The first-order chi connectivity index (χ1) is 9.02. The summed E-state index contributed by atoms with van der Waals surface area (Å²) in [6.07, 6.45) is 9.48. The molecular weight excluding hydrogens is 238 g/mol. The summed E-state index contributed by atoms with van der Waals surface area (Å²) >= 11 is 0. The van der Waals surface area contributed by atoms with Crippen molar-refractivity contribution in [3.05, 3.63) is 0 Å². The predicted octanol–water partition coefficient (Wildman–Crippen LogP) is 3.42. The van der Waals surface area contributed by atoms with Crippen molar-refractivity contribution in [3.63, 3.8) is 0 Å². The maximum absolute atomic E-state index is 12.6. The smallest absolute Gasteiger partial charge is 0.326 e. The van der Waals surface area contributed by atoms with Gasteiger partial charge in [-0.05, 0) is 38.0 Å². The zero-order valence-electron chi connectivity index (χ0n) is 12.8. The van der Waals surface area contributed by atoms with Gasteiger partial charge in [-0.25, -0.2) is 0 Å². The van der Waals surface area contributed by atoms with E-state index in [1.54, 1.807) is 0 Å². The lowest BCUT2D eigenvalue weighted by Crippen LogP contribution is -2.62. The van der Waals surface area contributed by atoms with Crippen LogP contribution in [0.4, 0.5) is 0 Å². The molecule has 0 saturated heterocycles. The van der Waals surface area contributed by atoms with Gasteiger partial charge in [-0.1, -0.05) is 39.5 Å². The molecule has 0 aliphatic heterocycles. The third kappa shape index (κ3) is 2.81. The summed E-state index contributed by atoms with van der Waals surface area (Å²) in [6.45, 7) is 6.80. The average Bonchev–Trinajstić information content (AvgIpc) is 2.67. The molecule has 19 heavy (non-hydrogen) atoms. The lowest BCUT2D eigenvalue weighted by atomic mass is 9.73. The molecule has 0 spiro atoms. The van der Waals surface area contributed by atoms with Crippen LogP contribution in [0.5, 0.6) is 0 Å². The fraction of sp³-hybridized carbons (Fsp3) is 0.938. The largest absolute Gasteiger partial charge is 0.465 e. The van der Waals surface area contributed by atoms with Crippen LogP contribution in [0.2, 0.25) is 0 Å². The van der Waals surface area contributed by atoms with Gasteiger partial charge in [0.25, 0.3) is 0 Å². The van der Waals surface area contributed by atoms with Gasteiger partial charge in [-0.15, -0.1) is 0 Å². The van der Waals surface area contributed by atoms with E-state index in [2.05, 4.69) is 19.2 Å². The first-order valence-corrected chi connectivity index (χ1v) is 7.97. The van der Waals surface area contributed by atoms with Crippen molar-refractivity contribution in [1.29, 1.82) is 0 Å². The highest BCUT2D eigenvalue weighted by Gasteiger charge is 2.55. The van der Waals surface area contributed by atoms with Gasteiger partial charge in [0.15, 0.2) is 0 Å². The summed E-state index contributed by atoms with van der Waals surface area (Å²) in [5, 5.41) is 3.73. The number of hydrogen-bond donors (Lipinski definition) is 1. The number of esters is 1. The molecular formula is C16H29NO2. The summed E-state index contributed by atoms with van der Waals surface area (Å²) < 4.78 is 5.40. The second-order valence-electron chi connectivity index (χ2n) is 6.84. The molecule has 0 aromatic heterocycles. The van der Waals surface area contributed by atoms with Crippen LogP contribution in [0, 0.1) is 5.41 Å². The van der Waals surface area contributed by atoms with Gasteiger partial charge in [0.2, 0.25) is 0 Å². The highest BCUT2D eigenvalue weighted by molar-refractivity contribution is 5.82. The van der Waals surface area contributed by atoms with Crippen LogP contribution in [0.15, 0.2) is 0 Å². The first kappa shape index (κ1) is 14.8. The van der Waals surface area contributed by atoms with E-state index in [1.807, 2.05) is 6.92 Å². The van der Waals surface area contributed by atoms with Gasteiger partial charge in [0.05, 0.1) is 6.61 Å². The molecule has 0 amide bonds. The minimum absolute atomic E-state index is 0.00327. The lowest BCUT2D eigenvalue weighted by Gasteiger charge is -2.43. The minimum atomic E-state index is -0.453. The number of nitrogens with one attached hydrogen (secondary N) is 1. The fourth-order valence-electron chi connectivity index (χ4n) is 3.90. The van der Waals surface area contributed by atoms with E-state index in [1.165, 1.54) is 32.1 Å². The Hall–Kier alpha value is -0.570. The van der Waals surface area contributed by atoms with Gasteiger partial charge in [0, 0.05) is 6.04 Å². The van der Waals surface area contributed by atoms with Gasteiger partial charge in [-0.2, -0.15) is 0 Å². The summed E-state index contributed by atoms with van der Waals surface area (Å²) in [4.78, 5) is 12.6. The Morgan fingerprint density at radius 3 is 2.37 bits per heavy atom. The third-order valence-corrected chi connectivity index (χ3v) is 5.19. The second kappa shape index (κ2) is 5.82. The maximum Gasteiger partial charge on any atom is 0.326 e. The van der Waals surface area contributed by atoms with Gasteiger partial charge < -0.3 is 4.74 Å². The Morgan fingerprint density at radius 2 is 1.84 bits per heavy atom. The molecule has 3 heteroatoms. The minimum Gasteiger partial charge on any atom is -0.465 e. The van der Waals surface area contributed by atoms with Crippen molar-refractivity contribution in [2.75, 3.05) is 6.61 Å². The van der Waals surface area contributed by atoms with Crippen molar-refractivity contribution in [2.24, 2.45) is 5.41 Å². The fourth-order valence-corrected chi connectivity index (χ4v) is 3.90. The maximum atomic E-state index is 12.6. The monoisotopic (exact) mass is 267 g/mol. The molecule has 110 valence electrons. The molecule has 1 N–H and O–H groups in total. The van der Waals surface area contributed by atoms with Crippen LogP contribution in [-0.2, 0) is 9.53 Å². The molecule has 0 aromatic rings. The average molecular weight is 267 g/mol. The molecule has 0 heterocycles. The lowest BCUT2D eigenvalue weighted by molar-refractivity contribution is -0.156. The van der Waals surface area contributed by atoms with Crippen LogP contribution in [0.3, 0.4) is 0 Å². The van der Waals surface area contributed by atoms with Crippen LogP contribution >= 0.6 is 0 Å². The number of carbonyl (C=O) groups excluding carboxylic acids is 1. The zero-order valence-corrected chi connectivity index (χ0v) is 12.8. The Morgan fingerprint density at radius 1 is 1.16 bits per heavy atom. The Kier molecular flexibility index (Phi) is 4.54. The van der Waals surface area contributed by atoms with Crippen molar-refractivity contribution in [2.45, 2.75) is 83.7 Å². The van der Waals surface area contributed by atoms with Crippen LogP contribution in [0.1, 0.15) is 72.1 Å². The summed E-state index contributed by atoms with van der Waals surface area (Å²) in [6, 6.07) is 0.496. The van der Waals surface area contributed by atoms with Crippen molar-refractivity contribution >= 4 is 5.97 Å². The highest BCUT2D eigenvalue weighted by Crippen LogP contribution is 2.47. The van der Waals surface area contributed by atoms with E-state index >= 15 is 0 Å². The van der Waals surface area contributed by atoms with Crippen molar-refractivity contribution < 1.29 is 9.53 Å². The normalized spacial score (nSPS) is 31.3. The molecule has 0 radical (unpaired) electrons.